The number of carbonyl (C=O) groups excluding carboxylic acids is 1. The average molecular weight is 564 g/mol. The Hall–Kier alpha value is -4.31. The van der Waals surface area contributed by atoms with Gasteiger partial charge in [0.15, 0.2) is 16.7 Å². The molecule has 0 spiro atoms. The number of rotatable bonds is 10. The number of amides is 1. The number of allylic oxidation sites excluding steroid dienone is 1. The Morgan fingerprint density at radius 1 is 0.875 bits per heavy atom. The summed E-state index contributed by atoms with van der Waals surface area (Å²) in [5.41, 5.74) is 3.51. The van der Waals surface area contributed by atoms with Crippen LogP contribution in [0.1, 0.15) is 24.1 Å². The van der Waals surface area contributed by atoms with Crippen LogP contribution in [0.2, 0.25) is 0 Å². The molecule has 0 saturated carbocycles. The molecule has 1 amide bonds. The molecule has 9 nitrogen and oxygen atoms in total. The van der Waals surface area contributed by atoms with Gasteiger partial charge in [-0.25, -0.2) is 4.99 Å². The third-order valence-electron chi connectivity index (χ3n) is 6.35. The van der Waals surface area contributed by atoms with E-state index >= 15 is 0 Å². The van der Waals surface area contributed by atoms with Crippen LogP contribution in [0.15, 0.2) is 76.9 Å². The van der Waals surface area contributed by atoms with Gasteiger partial charge in [0, 0.05) is 22.7 Å². The molecule has 0 saturated heterocycles. The van der Waals surface area contributed by atoms with E-state index in [0.717, 1.165) is 17.1 Å². The fourth-order valence-corrected chi connectivity index (χ4v) is 5.30. The van der Waals surface area contributed by atoms with E-state index in [9.17, 15) is 4.79 Å². The van der Waals surface area contributed by atoms with Crippen LogP contribution < -0.4 is 34.3 Å². The minimum Gasteiger partial charge on any atom is -0.497 e. The van der Waals surface area contributed by atoms with Crippen molar-refractivity contribution in [3.63, 3.8) is 0 Å². The summed E-state index contributed by atoms with van der Waals surface area (Å²) in [4.78, 5) is 18.6. The Morgan fingerprint density at radius 3 is 2.15 bits per heavy atom. The molecule has 0 unspecified atom stereocenters. The first-order valence-electron chi connectivity index (χ1n) is 12.5. The highest BCUT2D eigenvalue weighted by Gasteiger charge is 2.31. The van der Waals surface area contributed by atoms with Gasteiger partial charge in [0.05, 0.1) is 41.1 Å². The first-order chi connectivity index (χ1) is 19.4. The highest BCUT2D eigenvalue weighted by molar-refractivity contribution is 8.13. The lowest BCUT2D eigenvalue weighted by atomic mass is 9.95. The second kappa shape index (κ2) is 13.2. The van der Waals surface area contributed by atoms with Crippen LogP contribution in [0.4, 0.5) is 5.69 Å². The number of nitrogens with zero attached hydrogens (tertiary/aromatic N) is 1. The quantitative estimate of drug-likeness (QED) is 0.330. The van der Waals surface area contributed by atoms with Crippen LogP contribution in [0.5, 0.6) is 28.7 Å². The number of benzene rings is 3. The van der Waals surface area contributed by atoms with E-state index in [-0.39, 0.29) is 5.91 Å². The Morgan fingerprint density at radius 2 is 1.55 bits per heavy atom. The second-order valence-corrected chi connectivity index (χ2v) is 9.71. The number of carbonyl (C=O) groups is 1. The van der Waals surface area contributed by atoms with E-state index in [1.807, 2.05) is 67.6 Å². The van der Waals surface area contributed by atoms with Gasteiger partial charge in [0.1, 0.15) is 17.5 Å². The summed E-state index contributed by atoms with van der Waals surface area (Å²) in [7, 11) is 7.92. The molecule has 0 aromatic heterocycles. The summed E-state index contributed by atoms with van der Waals surface area (Å²) in [5, 5.41) is 6.96. The van der Waals surface area contributed by atoms with E-state index < -0.39 is 6.04 Å². The molecule has 40 heavy (non-hydrogen) atoms. The van der Waals surface area contributed by atoms with E-state index in [4.69, 9.17) is 28.7 Å². The van der Waals surface area contributed by atoms with Crippen molar-refractivity contribution < 1.29 is 28.5 Å². The van der Waals surface area contributed by atoms with Crippen LogP contribution in [-0.4, -0.2) is 46.6 Å². The summed E-state index contributed by atoms with van der Waals surface area (Å²) < 4.78 is 27.6. The minimum absolute atomic E-state index is 0.266. The summed E-state index contributed by atoms with van der Waals surface area (Å²) in [6.45, 7) is 1.87. The number of ether oxygens (including phenoxy) is 5. The topological polar surface area (TPSA) is 99.6 Å². The van der Waals surface area contributed by atoms with Crippen LogP contribution in [0.3, 0.4) is 0 Å². The molecule has 0 bridgehead atoms. The molecular weight excluding hydrogens is 530 g/mol. The summed E-state index contributed by atoms with van der Waals surface area (Å²) in [6.07, 6.45) is 0. The lowest BCUT2D eigenvalue weighted by molar-refractivity contribution is -0.113. The molecule has 2 N–H and O–H groups in total. The number of thioether (sulfide) groups is 1. The van der Waals surface area contributed by atoms with Crippen molar-refractivity contribution >= 4 is 28.5 Å². The second-order valence-electron chi connectivity index (χ2n) is 8.75. The third kappa shape index (κ3) is 6.28. The normalized spacial score (nSPS) is 14.6. The van der Waals surface area contributed by atoms with Gasteiger partial charge in [-0.2, -0.15) is 0 Å². The molecule has 0 radical (unpaired) electrons. The lowest BCUT2D eigenvalue weighted by Gasteiger charge is -2.27. The number of anilines is 1. The maximum atomic E-state index is 13.6. The van der Waals surface area contributed by atoms with Gasteiger partial charge in [0.2, 0.25) is 5.75 Å². The summed E-state index contributed by atoms with van der Waals surface area (Å²) in [6, 6.07) is 18.0. The van der Waals surface area contributed by atoms with Gasteiger partial charge >= 0.3 is 0 Å². The molecular formula is C30H33N3O6S. The van der Waals surface area contributed by atoms with Gasteiger partial charge in [0.25, 0.3) is 5.91 Å². The number of hydrogen-bond acceptors (Lipinski definition) is 9. The van der Waals surface area contributed by atoms with Crippen LogP contribution in [-0.2, 0) is 10.5 Å². The summed E-state index contributed by atoms with van der Waals surface area (Å²) in [5.74, 6) is 3.19. The fourth-order valence-electron chi connectivity index (χ4n) is 4.38. The number of para-hydroxylation sites is 1. The van der Waals surface area contributed by atoms with Crippen molar-refractivity contribution in [2.24, 2.45) is 4.99 Å². The van der Waals surface area contributed by atoms with E-state index in [2.05, 4.69) is 10.6 Å². The van der Waals surface area contributed by atoms with Crippen molar-refractivity contribution in [1.82, 2.24) is 5.32 Å². The summed E-state index contributed by atoms with van der Waals surface area (Å²) >= 11 is 1.50. The van der Waals surface area contributed by atoms with Gasteiger partial charge in [-0.1, -0.05) is 30.0 Å². The smallest absolute Gasteiger partial charge is 0.255 e. The first kappa shape index (κ1) is 28.7. The van der Waals surface area contributed by atoms with Crippen molar-refractivity contribution in [3.8, 4) is 28.7 Å². The molecule has 10 heteroatoms. The van der Waals surface area contributed by atoms with E-state index in [1.54, 1.807) is 35.5 Å². The molecule has 4 rings (SSSR count). The van der Waals surface area contributed by atoms with Gasteiger partial charge in [-0.15, -0.1) is 0 Å². The highest BCUT2D eigenvalue weighted by atomic mass is 32.2. The molecule has 1 aliphatic rings. The first-order valence-corrected chi connectivity index (χ1v) is 13.5. The molecule has 1 heterocycles. The third-order valence-corrected chi connectivity index (χ3v) is 7.29. The monoisotopic (exact) mass is 563 g/mol. The van der Waals surface area contributed by atoms with E-state index in [0.29, 0.717) is 50.7 Å². The predicted molar refractivity (Wildman–Crippen MR) is 158 cm³/mol. The molecule has 210 valence electrons. The highest BCUT2D eigenvalue weighted by Crippen LogP contribution is 2.43. The number of methoxy groups -OCH3 is 5. The number of aliphatic imine (C=N–C) groups is 1. The maximum Gasteiger partial charge on any atom is 0.255 e. The zero-order valence-corrected chi connectivity index (χ0v) is 24.2. The Labute approximate surface area is 238 Å². The molecule has 3 aromatic rings. The zero-order chi connectivity index (χ0) is 28.6. The van der Waals surface area contributed by atoms with Crippen LogP contribution in [0.25, 0.3) is 0 Å². The molecule has 1 atom stereocenters. The van der Waals surface area contributed by atoms with Gasteiger partial charge in [-0.05, 0) is 55.0 Å². The van der Waals surface area contributed by atoms with Crippen molar-refractivity contribution in [3.05, 3.63) is 83.1 Å². The standard InChI is InChI=1S/C30H33N3O6S/c1-18-26(29(34)32-21-10-8-7-9-11-21)27(19-15-24(37-4)28(39-6)25(16-19)38-5)33-30(31-18)40-17-20-14-22(35-2)12-13-23(20)36-3/h7-16,27H,17H2,1-6H3,(H,31,33)(H,32,34)/t27-/m0/s1. The number of hydrogen-bond donors (Lipinski definition) is 2. The Bertz CT molecular complexity index is 1400. The molecule has 0 aliphatic carbocycles. The van der Waals surface area contributed by atoms with Crippen molar-refractivity contribution in [2.45, 2.75) is 18.7 Å². The zero-order valence-electron chi connectivity index (χ0n) is 23.4. The molecule has 1 aliphatic heterocycles. The Balaban J connectivity index is 1.73. The Kier molecular flexibility index (Phi) is 9.44. The van der Waals surface area contributed by atoms with Gasteiger partial charge < -0.3 is 34.3 Å². The lowest BCUT2D eigenvalue weighted by Crippen LogP contribution is -2.32. The van der Waals surface area contributed by atoms with Crippen LogP contribution >= 0.6 is 11.8 Å². The molecule has 0 fully saturated rings. The minimum atomic E-state index is -0.645. The van der Waals surface area contributed by atoms with Crippen molar-refractivity contribution in [2.75, 3.05) is 40.9 Å². The van der Waals surface area contributed by atoms with E-state index in [1.165, 1.54) is 11.8 Å². The molecule has 3 aromatic carbocycles. The average Bonchev–Trinajstić information content (AvgIpc) is 2.99. The predicted octanol–water partition coefficient (Wildman–Crippen LogP) is 5.58. The SMILES string of the molecule is COc1ccc(OC)c(CSC2=N[C@@H](c3cc(OC)c(OC)c(OC)c3)C(C(=O)Nc3ccccc3)=C(C)N2)c1. The fraction of sp³-hybridized carbons (Fsp3) is 0.267. The van der Waals surface area contributed by atoms with Gasteiger partial charge in [-0.3, -0.25) is 4.79 Å². The maximum absolute atomic E-state index is 13.6. The van der Waals surface area contributed by atoms with Crippen molar-refractivity contribution in [1.29, 1.82) is 0 Å². The number of amidine groups is 1. The largest absolute Gasteiger partial charge is 0.497 e. The van der Waals surface area contributed by atoms with Crippen LogP contribution in [0, 0.1) is 0 Å². The number of nitrogens with one attached hydrogen (secondary N) is 2.